The lowest BCUT2D eigenvalue weighted by Gasteiger charge is -2.13. The standard InChI is InChI=1S/C13H13BrClNO2/c1-4-5-8(2)18-13-7-12(16-9(3)17)11(15)6-10(13)14/h6-8H,1-3H3,(H,16,17)/t8-/m0/s1. The molecule has 0 heterocycles. The number of carbonyl (C=O) groups excluding carboxylic acids is 1. The number of nitrogens with one attached hydrogen (secondary N) is 1. The smallest absolute Gasteiger partial charge is 0.221 e. The molecule has 1 aromatic carbocycles. The van der Waals surface area contributed by atoms with Crippen LogP contribution in [0.4, 0.5) is 5.69 Å². The molecule has 0 saturated heterocycles. The Bertz CT molecular complexity index is 520. The summed E-state index contributed by atoms with van der Waals surface area (Å²) in [7, 11) is 0. The fraction of sp³-hybridized carbons (Fsp3) is 0.308. The minimum atomic E-state index is -0.238. The highest BCUT2D eigenvalue weighted by atomic mass is 79.9. The number of anilines is 1. The van der Waals surface area contributed by atoms with E-state index in [0.717, 1.165) is 0 Å². The molecule has 0 aliphatic carbocycles. The van der Waals surface area contributed by atoms with Gasteiger partial charge in [-0.2, -0.15) is 0 Å². The average Bonchev–Trinajstić information content (AvgIpc) is 2.24. The van der Waals surface area contributed by atoms with E-state index in [-0.39, 0.29) is 12.0 Å². The Morgan fingerprint density at radius 1 is 1.56 bits per heavy atom. The lowest BCUT2D eigenvalue weighted by Crippen LogP contribution is -2.10. The molecule has 0 fully saturated rings. The highest BCUT2D eigenvalue weighted by molar-refractivity contribution is 9.10. The Hall–Kier alpha value is -1.18. The third kappa shape index (κ3) is 4.25. The first-order valence-electron chi connectivity index (χ1n) is 5.29. The van der Waals surface area contributed by atoms with Crippen molar-refractivity contribution in [2.75, 3.05) is 5.32 Å². The van der Waals surface area contributed by atoms with Crippen molar-refractivity contribution in [1.82, 2.24) is 0 Å². The van der Waals surface area contributed by atoms with E-state index in [9.17, 15) is 4.79 Å². The van der Waals surface area contributed by atoms with Gasteiger partial charge in [-0.1, -0.05) is 17.5 Å². The van der Waals surface area contributed by atoms with Crippen molar-refractivity contribution >= 4 is 39.1 Å². The van der Waals surface area contributed by atoms with Gasteiger partial charge in [0.2, 0.25) is 5.91 Å². The van der Waals surface area contributed by atoms with Crippen LogP contribution in [0.1, 0.15) is 20.8 Å². The summed E-state index contributed by atoms with van der Waals surface area (Å²) in [4.78, 5) is 11.0. The number of rotatable bonds is 3. The second-order valence-electron chi connectivity index (χ2n) is 3.60. The first-order chi connectivity index (χ1) is 8.43. The first kappa shape index (κ1) is 14.9. The molecule has 0 unspecified atom stereocenters. The van der Waals surface area contributed by atoms with Gasteiger partial charge in [-0.25, -0.2) is 0 Å². The second-order valence-corrected chi connectivity index (χ2v) is 4.86. The Balaban J connectivity index is 3.03. The maximum Gasteiger partial charge on any atom is 0.221 e. The number of halogens is 2. The summed E-state index contributed by atoms with van der Waals surface area (Å²) in [6.45, 7) is 5.01. The van der Waals surface area contributed by atoms with Gasteiger partial charge < -0.3 is 10.1 Å². The summed E-state index contributed by atoms with van der Waals surface area (Å²) in [6, 6.07) is 3.34. The number of hydrogen-bond acceptors (Lipinski definition) is 2. The van der Waals surface area contributed by atoms with Crippen LogP contribution in [0.5, 0.6) is 5.75 Å². The molecule has 0 spiro atoms. The van der Waals surface area contributed by atoms with Crippen LogP contribution >= 0.6 is 27.5 Å². The third-order valence-electron chi connectivity index (χ3n) is 1.98. The van der Waals surface area contributed by atoms with Crippen molar-refractivity contribution < 1.29 is 9.53 Å². The summed E-state index contributed by atoms with van der Waals surface area (Å²) < 4.78 is 6.35. The van der Waals surface area contributed by atoms with Crippen LogP contribution in [-0.2, 0) is 4.79 Å². The van der Waals surface area contributed by atoms with Gasteiger partial charge in [0.15, 0.2) is 6.10 Å². The molecule has 96 valence electrons. The molecule has 18 heavy (non-hydrogen) atoms. The largest absolute Gasteiger partial charge is 0.477 e. The molecule has 0 saturated carbocycles. The number of hydrogen-bond donors (Lipinski definition) is 1. The highest BCUT2D eigenvalue weighted by Crippen LogP contribution is 2.35. The molecule has 0 aromatic heterocycles. The van der Waals surface area contributed by atoms with Gasteiger partial charge in [0.05, 0.1) is 15.2 Å². The number of carbonyl (C=O) groups is 1. The molecule has 0 aliphatic rings. The van der Waals surface area contributed by atoms with Gasteiger partial charge in [0.25, 0.3) is 0 Å². The zero-order valence-corrected chi connectivity index (χ0v) is 12.6. The number of amides is 1. The first-order valence-corrected chi connectivity index (χ1v) is 6.46. The van der Waals surface area contributed by atoms with Crippen LogP contribution in [-0.4, -0.2) is 12.0 Å². The molecular weight excluding hydrogens is 318 g/mol. The van der Waals surface area contributed by atoms with E-state index in [1.54, 1.807) is 19.1 Å². The monoisotopic (exact) mass is 329 g/mol. The number of ether oxygens (including phenoxy) is 1. The summed E-state index contributed by atoms with van der Waals surface area (Å²) in [6.07, 6.45) is -0.238. The van der Waals surface area contributed by atoms with E-state index in [1.165, 1.54) is 6.92 Å². The van der Waals surface area contributed by atoms with Gasteiger partial charge >= 0.3 is 0 Å². The van der Waals surface area contributed by atoms with E-state index >= 15 is 0 Å². The van der Waals surface area contributed by atoms with Crippen molar-refractivity contribution in [3.63, 3.8) is 0 Å². The van der Waals surface area contributed by atoms with E-state index in [4.69, 9.17) is 16.3 Å². The molecule has 0 bridgehead atoms. The molecule has 1 rings (SSSR count). The third-order valence-corrected chi connectivity index (χ3v) is 2.92. The van der Waals surface area contributed by atoms with Crippen molar-refractivity contribution in [3.05, 3.63) is 21.6 Å². The zero-order chi connectivity index (χ0) is 13.7. The van der Waals surface area contributed by atoms with Crippen LogP contribution in [0.25, 0.3) is 0 Å². The predicted molar refractivity (Wildman–Crippen MR) is 77.0 cm³/mol. The Labute approximate surface area is 120 Å². The summed E-state index contributed by atoms with van der Waals surface area (Å²) >= 11 is 9.37. The van der Waals surface area contributed by atoms with E-state index in [2.05, 4.69) is 33.1 Å². The fourth-order valence-corrected chi connectivity index (χ4v) is 2.11. The quantitative estimate of drug-likeness (QED) is 0.855. The molecule has 1 N–H and O–H groups in total. The summed E-state index contributed by atoms with van der Waals surface area (Å²) in [5.74, 6) is 6.06. The minimum Gasteiger partial charge on any atom is -0.477 e. The number of benzene rings is 1. The Morgan fingerprint density at radius 2 is 2.22 bits per heavy atom. The molecule has 5 heteroatoms. The molecule has 0 radical (unpaired) electrons. The summed E-state index contributed by atoms with van der Waals surface area (Å²) in [5.41, 5.74) is 0.513. The summed E-state index contributed by atoms with van der Waals surface area (Å²) in [5, 5.41) is 3.08. The van der Waals surface area contributed by atoms with Gasteiger partial charge in [-0.3, -0.25) is 4.79 Å². The van der Waals surface area contributed by atoms with Crippen LogP contribution < -0.4 is 10.1 Å². The topological polar surface area (TPSA) is 38.3 Å². The van der Waals surface area contributed by atoms with Crippen LogP contribution in [0, 0.1) is 11.8 Å². The van der Waals surface area contributed by atoms with Gasteiger partial charge in [0.1, 0.15) is 5.75 Å². The maximum absolute atomic E-state index is 11.0. The molecule has 1 aromatic rings. The maximum atomic E-state index is 11.0. The van der Waals surface area contributed by atoms with E-state index in [0.29, 0.717) is 20.9 Å². The zero-order valence-electron chi connectivity index (χ0n) is 10.3. The van der Waals surface area contributed by atoms with E-state index < -0.39 is 0 Å². The van der Waals surface area contributed by atoms with Gasteiger partial charge in [-0.15, -0.1) is 5.92 Å². The molecule has 0 aliphatic heterocycles. The van der Waals surface area contributed by atoms with Crippen molar-refractivity contribution in [3.8, 4) is 17.6 Å². The van der Waals surface area contributed by atoms with E-state index in [1.807, 2.05) is 6.92 Å². The predicted octanol–water partition coefficient (Wildman–Crippen LogP) is 3.85. The molecular formula is C13H13BrClNO2. The van der Waals surface area contributed by atoms with Crippen molar-refractivity contribution in [2.24, 2.45) is 0 Å². The van der Waals surface area contributed by atoms with Crippen LogP contribution in [0.15, 0.2) is 16.6 Å². The van der Waals surface area contributed by atoms with Gasteiger partial charge in [-0.05, 0) is 35.8 Å². The fourth-order valence-electron chi connectivity index (χ4n) is 1.33. The SMILES string of the molecule is CC#C[C@H](C)Oc1cc(NC(C)=O)c(Cl)cc1Br. The Kier molecular flexibility index (Phi) is 5.52. The van der Waals surface area contributed by atoms with Crippen molar-refractivity contribution in [2.45, 2.75) is 26.9 Å². The van der Waals surface area contributed by atoms with Gasteiger partial charge in [0, 0.05) is 13.0 Å². The van der Waals surface area contributed by atoms with Crippen LogP contribution in [0.2, 0.25) is 5.02 Å². The lowest BCUT2D eigenvalue weighted by atomic mass is 10.3. The normalized spacial score (nSPS) is 11.2. The van der Waals surface area contributed by atoms with Crippen molar-refractivity contribution in [1.29, 1.82) is 0 Å². The second kappa shape index (κ2) is 6.67. The highest BCUT2D eigenvalue weighted by Gasteiger charge is 2.11. The molecule has 1 amide bonds. The average molecular weight is 331 g/mol. The molecule has 1 atom stereocenters. The lowest BCUT2D eigenvalue weighted by molar-refractivity contribution is -0.114. The Morgan fingerprint density at radius 3 is 2.78 bits per heavy atom. The molecule has 3 nitrogen and oxygen atoms in total. The minimum absolute atomic E-state index is 0.188. The van der Waals surface area contributed by atoms with Crippen LogP contribution in [0.3, 0.4) is 0 Å².